The van der Waals surface area contributed by atoms with Gasteiger partial charge in [-0.3, -0.25) is 14.5 Å². The Morgan fingerprint density at radius 1 is 1.28 bits per heavy atom. The minimum Gasteiger partial charge on any atom is -0.493 e. The molecule has 2 aliphatic rings. The number of para-hydroxylation sites is 1. The van der Waals surface area contributed by atoms with Crippen LogP contribution in [0.5, 0.6) is 11.5 Å². The number of urea groups is 1. The van der Waals surface area contributed by atoms with Crippen LogP contribution in [0.1, 0.15) is 25.5 Å². The highest BCUT2D eigenvalue weighted by Crippen LogP contribution is 2.42. The van der Waals surface area contributed by atoms with Gasteiger partial charge in [0.1, 0.15) is 6.54 Å². The molecule has 0 saturated heterocycles. The van der Waals surface area contributed by atoms with Gasteiger partial charge < -0.3 is 25.0 Å². The molecule has 156 valence electrons. The van der Waals surface area contributed by atoms with Crippen molar-refractivity contribution in [1.82, 2.24) is 20.4 Å². The van der Waals surface area contributed by atoms with E-state index < -0.39 is 6.04 Å². The molecule has 0 aliphatic carbocycles. The molecule has 2 N–H and O–H groups in total. The van der Waals surface area contributed by atoms with Crippen molar-refractivity contribution in [2.45, 2.75) is 25.9 Å². The summed E-state index contributed by atoms with van der Waals surface area (Å²) in [6.07, 6.45) is 0. The van der Waals surface area contributed by atoms with Crippen LogP contribution in [0.3, 0.4) is 0 Å². The predicted molar refractivity (Wildman–Crippen MR) is 105 cm³/mol. The van der Waals surface area contributed by atoms with Crippen LogP contribution in [0, 0.1) is 0 Å². The predicted octanol–water partition coefficient (Wildman–Crippen LogP) is 1.02. The fourth-order valence-corrected chi connectivity index (χ4v) is 3.66. The Labute approximate surface area is 169 Å². The number of likely N-dealkylation sites (N-methyl/N-ethyl adjacent to an activating group) is 1. The second-order valence-electron chi connectivity index (χ2n) is 7.27. The van der Waals surface area contributed by atoms with Crippen LogP contribution in [0.25, 0.3) is 0 Å². The lowest BCUT2D eigenvalue weighted by molar-refractivity contribution is -0.132. The second-order valence-corrected chi connectivity index (χ2v) is 7.27. The summed E-state index contributed by atoms with van der Waals surface area (Å²) in [6, 6.07) is 4.23. The van der Waals surface area contributed by atoms with Crippen LogP contribution in [0.4, 0.5) is 4.79 Å². The average molecular weight is 402 g/mol. The maximum atomic E-state index is 13.2. The van der Waals surface area contributed by atoms with Crippen molar-refractivity contribution in [2.24, 2.45) is 0 Å². The van der Waals surface area contributed by atoms with Crippen molar-refractivity contribution >= 4 is 17.8 Å². The van der Waals surface area contributed by atoms with Gasteiger partial charge in [-0.2, -0.15) is 0 Å². The van der Waals surface area contributed by atoms with E-state index in [2.05, 4.69) is 10.6 Å². The lowest BCUT2D eigenvalue weighted by Gasteiger charge is -2.31. The van der Waals surface area contributed by atoms with Gasteiger partial charge in [0, 0.05) is 18.7 Å². The molecule has 3 rings (SSSR count). The van der Waals surface area contributed by atoms with Crippen molar-refractivity contribution in [1.29, 1.82) is 0 Å². The summed E-state index contributed by atoms with van der Waals surface area (Å²) in [5.74, 6) is 0.408. The molecule has 0 saturated carbocycles. The van der Waals surface area contributed by atoms with Crippen molar-refractivity contribution in [2.75, 3.05) is 34.4 Å². The lowest BCUT2D eigenvalue weighted by atomic mass is 9.94. The van der Waals surface area contributed by atoms with Crippen LogP contribution in [0.15, 0.2) is 29.5 Å². The standard InChI is InChI=1S/C20H26N4O5/c1-11(2)21-15(25)10-24-9-13-16(19(24)26)17(22-20(27)23(13)3)12-7-6-8-14(28-4)18(12)29-5/h6-8,11,17H,9-10H2,1-5H3,(H,21,25)(H,22,27). The van der Waals surface area contributed by atoms with Gasteiger partial charge in [-0.1, -0.05) is 12.1 Å². The van der Waals surface area contributed by atoms with Crippen LogP contribution in [-0.4, -0.2) is 68.0 Å². The first-order valence-corrected chi connectivity index (χ1v) is 9.35. The summed E-state index contributed by atoms with van der Waals surface area (Å²) in [4.78, 5) is 40.8. The van der Waals surface area contributed by atoms with Gasteiger partial charge in [0.15, 0.2) is 11.5 Å². The number of amides is 4. The summed E-state index contributed by atoms with van der Waals surface area (Å²) in [6.45, 7) is 3.82. The average Bonchev–Trinajstić information content (AvgIpc) is 2.99. The number of ether oxygens (including phenoxy) is 2. The topological polar surface area (TPSA) is 100 Å². The molecule has 0 fully saturated rings. The largest absolute Gasteiger partial charge is 0.493 e. The lowest BCUT2D eigenvalue weighted by Crippen LogP contribution is -2.45. The van der Waals surface area contributed by atoms with Crippen LogP contribution >= 0.6 is 0 Å². The number of nitrogens with zero attached hydrogens (tertiary/aromatic N) is 2. The normalized spacial score (nSPS) is 18.8. The second kappa shape index (κ2) is 8.02. The first-order valence-electron chi connectivity index (χ1n) is 9.35. The van der Waals surface area contributed by atoms with E-state index in [1.54, 1.807) is 25.2 Å². The number of carbonyl (C=O) groups is 3. The molecule has 2 aliphatic heterocycles. The van der Waals surface area contributed by atoms with Gasteiger partial charge >= 0.3 is 6.03 Å². The molecule has 9 heteroatoms. The molecular formula is C20H26N4O5. The highest BCUT2D eigenvalue weighted by Gasteiger charge is 2.44. The summed E-state index contributed by atoms with van der Waals surface area (Å²) in [7, 11) is 4.64. The third kappa shape index (κ3) is 3.72. The maximum absolute atomic E-state index is 13.2. The van der Waals surface area contributed by atoms with Gasteiger partial charge in [-0.05, 0) is 19.9 Å². The Morgan fingerprint density at radius 2 is 2.00 bits per heavy atom. The van der Waals surface area contributed by atoms with Crippen molar-refractivity contribution in [3.63, 3.8) is 0 Å². The van der Waals surface area contributed by atoms with E-state index in [0.717, 1.165) is 0 Å². The van der Waals surface area contributed by atoms with Gasteiger partial charge in [0.05, 0.1) is 38.1 Å². The zero-order valence-corrected chi connectivity index (χ0v) is 17.2. The molecule has 0 aromatic heterocycles. The van der Waals surface area contributed by atoms with Gasteiger partial charge in [0.25, 0.3) is 5.91 Å². The molecule has 0 spiro atoms. The van der Waals surface area contributed by atoms with E-state index in [-0.39, 0.29) is 37.0 Å². The molecule has 0 bridgehead atoms. The molecule has 4 amide bonds. The Kier molecular flexibility index (Phi) is 5.67. The Morgan fingerprint density at radius 3 is 2.62 bits per heavy atom. The number of benzene rings is 1. The summed E-state index contributed by atoms with van der Waals surface area (Å²) >= 11 is 0. The highest BCUT2D eigenvalue weighted by molar-refractivity contribution is 6.03. The summed E-state index contributed by atoms with van der Waals surface area (Å²) in [5.41, 5.74) is 1.62. The number of carbonyl (C=O) groups excluding carboxylic acids is 3. The quantitative estimate of drug-likeness (QED) is 0.740. The van der Waals surface area contributed by atoms with Crippen LogP contribution in [0.2, 0.25) is 0 Å². The van der Waals surface area contributed by atoms with E-state index in [9.17, 15) is 14.4 Å². The molecule has 1 aromatic rings. The summed E-state index contributed by atoms with van der Waals surface area (Å²) < 4.78 is 10.9. The van der Waals surface area contributed by atoms with E-state index >= 15 is 0 Å². The third-order valence-electron chi connectivity index (χ3n) is 4.96. The fourth-order valence-electron chi connectivity index (χ4n) is 3.66. The van der Waals surface area contributed by atoms with Gasteiger partial charge in [0.2, 0.25) is 5.91 Å². The Hall–Kier alpha value is -3.23. The molecule has 1 atom stereocenters. The Bertz CT molecular complexity index is 880. The zero-order chi connectivity index (χ0) is 21.3. The maximum Gasteiger partial charge on any atom is 0.322 e. The van der Waals surface area contributed by atoms with Crippen molar-refractivity contribution in [3.8, 4) is 11.5 Å². The molecular weight excluding hydrogens is 376 g/mol. The summed E-state index contributed by atoms with van der Waals surface area (Å²) in [5, 5.41) is 5.65. The number of nitrogens with one attached hydrogen (secondary N) is 2. The van der Waals surface area contributed by atoms with E-state index in [0.29, 0.717) is 28.3 Å². The molecule has 1 unspecified atom stereocenters. The molecule has 29 heavy (non-hydrogen) atoms. The minimum atomic E-state index is -0.704. The molecule has 0 radical (unpaired) electrons. The SMILES string of the molecule is COc1cccc(C2NC(=O)N(C)C3=C2C(=O)N(CC(=O)NC(C)C)C3)c1OC. The number of hydrogen-bond acceptors (Lipinski definition) is 5. The number of methoxy groups -OCH3 is 2. The molecule has 2 heterocycles. The van der Waals surface area contributed by atoms with Gasteiger partial charge in [-0.15, -0.1) is 0 Å². The van der Waals surface area contributed by atoms with Crippen molar-refractivity contribution < 1.29 is 23.9 Å². The first-order chi connectivity index (χ1) is 13.8. The highest BCUT2D eigenvalue weighted by atomic mass is 16.5. The first kappa shape index (κ1) is 20.5. The number of hydrogen-bond donors (Lipinski definition) is 2. The van der Waals surface area contributed by atoms with Gasteiger partial charge in [-0.25, -0.2) is 4.79 Å². The van der Waals surface area contributed by atoms with Crippen molar-refractivity contribution in [3.05, 3.63) is 35.0 Å². The Balaban J connectivity index is 1.98. The zero-order valence-electron chi connectivity index (χ0n) is 17.2. The monoisotopic (exact) mass is 402 g/mol. The third-order valence-corrected chi connectivity index (χ3v) is 4.96. The minimum absolute atomic E-state index is 0.0255. The fraction of sp³-hybridized carbons (Fsp3) is 0.450. The number of rotatable bonds is 6. The molecule has 1 aromatic carbocycles. The molecule has 9 nitrogen and oxygen atoms in total. The van der Waals surface area contributed by atoms with E-state index in [1.165, 1.54) is 24.0 Å². The smallest absolute Gasteiger partial charge is 0.322 e. The van der Waals surface area contributed by atoms with Crippen LogP contribution in [-0.2, 0) is 9.59 Å². The van der Waals surface area contributed by atoms with E-state index in [1.807, 2.05) is 13.8 Å². The van der Waals surface area contributed by atoms with E-state index in [4.69, 9.17) is 9.47 Å². The van der Waals surface area contributed by atoms with Crippen LogP contribution < -0.4 is 20.1 Å².